The first-order valence-corrected chi connectivity index (χ1v) is 11.4. The van der Waals surface area contributed by atoms with E-state index in [4.69, 9.17) is 33.2 Å². The Morgan fingerprint density at radius 1 is 0.788 bits per heavy atom. The molecule has 0 aliphatic carbocycles. The van der Waals surface area contributed by atoms with Gasteiger partial charge in [0.25, 0.3) is 0 Å². The lowest BCUT2D eigenvalue weighted by Crippen LogP contribution is -2.25. The second-order valence-corrected chi connectivity index (χ2v) is 8.10. The topological polar surface area (TPSA) is 81.7 Å². The largest absolute Gasteiger partial charge is 0.493 e. The number of carbonyl (C=O) groups is 1. The minimum absolute atomic E-state index is 0.164. The quantitative estimate of drug-likeness (QED) is 0.340. The summed E-state index contributed by atoms with van der Waals surface area (Å²) in [6.07, 6.45) is 0. The van der Waals surface area contributed by atoms with Crippen LogP contribution < -0.4 is 28.4 Å². The number of hydrogen-bond acceptors (Lipinski definition) is 8. The Bertz CT molecular complexity index is 879. The number of ether oxygens (including phenoxy) is 7. The number of halogens is 1. The molecule has 33 heavy (non-hydrogen) atoms. The van der Waals surface area contributed by atoms with E-state index in [-0.39, 0.29) is 30.3 Å². The van der Waals surface area contributed by atoms with Crippen molar-refractivity contribution in [2.24, 2.45) is 11.8 Å². The molecular weight excluding hydrogens is 496 g/mol. The lowest BCUT2D eigenvalue weighted by atomic mass is 9.76. The predicted octanol–water partition coefficient (Wildman–Crippen LogP) is 4.05. The van der Waals surface area contributed by atoms with E-state index >= 15 is 0 Å². The Hall–Kier alpha value is -2.81. The first-order chi connectivity index (χ1) is 16.0. The molecule has 0 spiro atoms. The number of carbonyl (C=O) groups excluding carboxylic acids is 1. The molecule has 1 aliphatic rings. The number of benzene rings is 2. The van der Waals surface area contributed by atoms with Crippen LogP contribution in [0.3, 0.4) is 0 Å². The van der Waals surface area contributed by atoms with Gasteiger partial charge in [-0.15, -0.1) is 0 Å². The van der Waals surface area contributed by atoms with Gasteiger partial charge in [-0.2, -0.15) is 0 Å². The van der Waals surface area contributed by atoms with Gasteiger partial charge in [0, 0.05) is 17.2 Å². The Labute approximate surface area is 202 Å². The zero-order chi connectivity index (χ0) is 24.1. The second kappa shape index (κ2) is 10.9. The van der Waals surface area contributed by atoms with Crippen LogP contribution in [0.15, 0.2) is 24.3 Å². The number of alkyl halides is 1. The van der Waals surface area contributed by atoms with Crippen LogP contribution in [-0.2, 0) is 9.53 Å². The van der Waals surface area contributed by atoms with Crippen molar-refractivity contribution in [1.29, 1.82) is 0 Å². The summed E-state index contributed by atoms with van der Waals surface area (Å²) in [5.74, 6) is 2.04. The molecule has 1 saturated heterocycles. The van der Waals surface area contributed by atoms with Crippen LogP contribution in [0.25, 0.3) is 0 Å². The van der Waals surface area contributed by atoms with E-state index in [0.29, 0.717) is 39.8 Å². The minimum Gasteiger partial charge on any atom is -0.493 e. The molecule has 8 nitrogen and oxygen atoms in total. The number of cyclic esters (lactones) is 1. The van der Waals surface area contributed by atoms with Crippen molar-refractivity contribution < 1.29 is 38.0 Å². The van der Waals surface area contributed by atoms with Gasteiger partial charge >= 0.3 is 5.97 Å². The molecule has 1 heterocycles. The van der Waals surface area contributed by atoms with E-state index in [1.165, 1.54) is 0 Å². The summed E-state index contributed by atoms with van der Waals surface area (Å²) in [6, 6.07) is 7.57. The fourth-order valence-electron chi connectivity index (χ4n) is 4.33. The van der Waals surface area contributed by atoms with Gasteiger partial charge in [-0.25, -0.2) is 0 Å². The third kappa shape index (κ3) is 4.64. The first-order valence-electron chi connectivity index (χ1n) is 10.3. The highest BCUT2D eigenvalue weighted by Crippen LogP contribution is 2.49. The SMILES string of the molecule is COc1cc(C(c2cc(OC)c(OC)c(OC)c2)C2COC(=O)C2CBr)cc(OC)c1OC. The highest BCUT2D eigenvalue weighted by Gasteiger charge is 2.43. The van der Waals surface area contributed by atoms with E-state index in [1.54, 1.807) is 42.7 Å². The van der Waals surface area contributed by atoms with Gasteiger partial charge in [-0.1, -0.05) is 15.9 Å². The molecule has 1 aliphatic heterocycles. The highest BCUT2D eigenvalue weighted by molar-refractivity contribution is 9.09. The molecule has 180 valence electrons. The summed E-state index contributed by atoms with van der Waals surface area (Å²) in [4.78, 5) is 12.5. The van der Waals surface area contributed by atoms with Gasteiger partial charge in [0.2, 0.25) is 11.5 Å². The maximum Gasteiger partial charge on any atom is 0.310 e. The Morgan fingerprint density at radius 2 is 1.18 bits per heavy atom. The predicted molar refractivity (Wildman–Crippen MR) is 126 cm³/mol. The van der Waals surface area contributed by atoms with Crippen LogP contribution in [0.1, 0.15) is 17.0 Å². The summed E-state index contributed by atoms with van der Waals surface area (Å²) in [5.41, 5.74) is 1.74. The van der Waals surface area contributed by atoms with Crippen LogP contribution in [-0.4, -0.2) is 60.6 Å². The lowest BCUT2D eigenvalue weighted by molar-refractivity contribution is -0.140. The smallest absolute Gasteiger partial charge is 0.310 e. The summed E-state index contributed by atoms with van der Waals surface area (Å²) in [5, 5.41) is 0.474. The van der Waals surface area contributed by atoms with Crippen LogP contribution in [0.4, 0.5) is 0 Å². The monoisotopic (exact) mass is 524 g/mol. The molecule has 2 unspecified atom stereocenters. The number of rotatable bonds is 10. The second-order valence-electron chi connectivity index (χ2n) is 7.45. The molecule has 0 radical (unpaired) electrons. The fraction of sp³-hybridized carbons (Fsp3) is 0.458. The van der Waals surface area contributed by atoms with Crippen LogP contribution >= 0.6 is 15.9 Å². The highest BCUT2D eigenvalue weighted by atomic mass is 79.9. The third-order valence-corrected chi connectivity index (χ3v) is 6.62. The average molecular weight is 525 g/mol. The standard InChI is InChI=1S/C24H29BrO8/c1-27-17-7-13(8-18(28-2)22(17)31-5)21(16-12-33-24(26)15(16)11-25)14-9-19(29-3)23(32-6)20(10-14)30-4/h7-10,15-16,21H,11-12H2,1-6H3. The molecule has 3 rings (SSSR count). The van der Waals surface area contributed by atoms with Gasteiger partial charge in [0.15, 0.2) is 23.0 Å². The average Bonchev–Trinajstić information content (AvgIpc) is 3.22. The molecule has 0 amide bonds. The third-order valence-electron chi connectivity index (χ3n) is 5.92. The van der Waals surface area contributed by atoms with Gasteiger partial charge in [-0.3, -0.25) is 4.79 Å². The van der Waals surface area contributed by atoms with Crippen LogP contribution in [0, 0.1) is 11.8 Å². The number of methoxy groups -OCH3 is 6. The molecule has 0 bridgehead atoms. The van der Waals surface area contributed by atoms with E-state index in [0.717, 1.165) is 11.1 Å². The molecule has 2 aromatic rings. The summed E-state index contributed by atoms with van der Waals surface area (Å²) >= 11 is 3.49. The van der Waals surface area contributed by atoms with Gasteiger partial charge < -0.3 is 33.2 Å². The van der Waals surface area contributed by atoms with Gasteiger partial charge in [0.05, 0.1) is 55.2 Å². The van der Waals surface area contributed by atoms with Crippen LogP contribution in [0.5, 0.6) is 34.5 Å². The molecule has 2 aromatic carbocycles. The van der Waals surface area contributed by atoms with Crippen molar-refractivity contribution >= 4 is 21.9 Å². The van der Waals surface area contributed by atoms with E-state index in [2.05, 4.69) is 15.9 Å². The zero-order valence-corrected chi connectivity index (χ0v) is 21.2. The fourth-order valence-corrected chi connectivity index (χ4v) is 5.08. The lowest BCUT2D eigenvalue weighted by Gasteiger charge is -2.28. The Balaban J connectivity index is 2.28. The zero-order valence-electron chi connectivity index (χ0n) is 19.6. The summed E-state index contributed by atoms with van der Waals surface area (Å²) in [7, 11) is 9.39. The molecule has 0 saturated carbocycles. The molecule has 0 aromatic heterocycles. The molecule has 2 atom stereocenters. The normalized spacial score (nSPS) is 17.5. The molecule has 0 N–H and O–H groups in total. The van der Waals surface area contributed by atoms with E-state index < -0.39 is 0 Å². The van der Waals surface area contributed by atoms with Crippen molar-refractivity contribution in [2.75, 3.05) is 54.6 Å². The van der Waals surface area contributed by atoms with Crippen molar-refractivity contribution in [3.63, 3.8) is 0 Å². The Kier molecular flexibility index (Phi) is 8.18. The van der Waals surface area contributed by atoms with Gasteiger partial charge in [0.1, 0.15) is 0 Å². The summed E-state index contributed by atoms with van der Waals surface area (Å²) in [6.45, 7) is 0.271. The first kappa shape index (κ1) is 24.8. The molecule has 1 fully saturated rings. The van der Waals surface area contributed by atoms with E-state index in [1.807, 2.05) is 24.3 Å². The van der Waals surface area contributed by atoms with Crippen molar-refractivity contribution in [3.05, 3.63) is 35.4 Å². The maximum atomic E-state index is 12.5. The van der Waals surface area contributed by atoms with Crippen molar-refractivity contribution in [2.45, 2.75) is 5.92 Å². The molecule has 9 heteroatoms. The number of hydrogen-bond donors (Lipinski definition) is 0. The van der Waals surface area contributed by atoms with E-state index in [9.17, 15) is 4.79 Å². The van der Waals surface area contributed by atoms with Crippen LogP contribution in [0.2, 0.25) is 0 Å². The minimum atomic E-state index is -0.340. The van der Waals surface area contributed by atoms with Crippen molar-refractivity contribution in [1.82, 2.24) is 0 Å². The Morgan fingerprint density at radius 3 is 1.48 bits per heavy atom. The summed E-state index contributed by atoms with van der Waals surface area (Å²) < 4.78 is 38.8. The van der Waals surface area contributed by atoms with Crippen molar-refractivity contribution in [3.8, 4) is 34.5 Å². The number of esters is 1. The van der Waals surface area contributed by atoms with Gasteiger partial charge in [-0.05, 0) is 35.4 Å². The maximum absolute atomic E-state index is 12.5. The molecular formula is C24H29BrO8.